The maximum atomic E-state index is 13.6. The van der Waals surface area contributed by atoms with Crippen LogP contribution in [-0.4, -0.2) is 78.4 Å². The summed E-state index contributed by atoms with van der Waals surface area (Å²) in [5, 5.41) is 0. The fourth-order valence-corrected chi connectivity index (χ4v) is 6.38. The van der Waals surface area contributed by atoms with Crippen molar-refractivity contribution in [1.82, 2.24) is 14.7 Å². The van der Waals surface area contributed by atoms with E-state index < -0.39 is 0 Å². The van der Waals surface area contributed by atoms with Gasteiger partial charge >= 0.3 is 0 Å². The number of fused-ring (bicyclic) bond motifs is 1. The van der Waals surface area contributed by atoms with E-state index >= 15 is 0 Å². The van der Waals surface area contributed by atoms with E-state index in [1.165, 1.54) is 11.1 Å². The van der Waals surface area contributed by atoms with E-state index in [9.17, 15) is 9.59 Å². The van der Waals surface area contributed by atoms with Crippen LogP contribution in [0.25, 0.3) is 0 Å². The third-order valence-corrected chi connectivity index (χ3v) is 8.59. The first-order chi connectivity index (χ1) is 18.0. The lowest BCUT2D eigenvalue weighted by Crippen LogP contribution is -2.45. The van der Waals surface area contributed by atoms with Crippen LogP contribution in [0.1, 0.15) is 82.3 Å². The molecule has 37 heavy (non-hydrogen) atoms. The van der Waals surface area contributed by atoms with Crippen LogP contribution >= 0.6 is 0 Å². The number of rotatable bonds is 13. The number of ether oxygens (including phenoxy) is 1. The van der Waals surface area contributed by atoms with Gasteiger partial charge in [-0.2, -0.15) is 0 Å². The minimum Gasteiger partial charge on any atom is -0.493 e. The normalized spacial score (nSPS) is 23.7. The number of unbranched alkanes of at least 4 members (excludes halogenated alkanes) is 2. The zero-order valence-electron chi connectivity index (χ0n) is 23.1. The van der Waals surface area contributed by atoms with Gasteiger partial charge in [-0.05, 0) is 49.3 Å². The maximum Gasteiger partial charge on any atom is 0.236 e. The van der Waals surface area contributed by atoms with Crippen molar-refractivity contribution in [3.8, 4) is 5.75 Å². The highest BCUT2D eigenvalue weighted by Crippen LogP contribution is 2.41. The van der Waals surface area contributed by atoms with Crippen molar-refractivity contribution in [3.05, 3.63) is 42.0 Å². The number of nitrogens with zero attached hydrogens (tertiary/aromatic N) is 3. The zero-order chi connectivity index (χ0) is 26.2. The Kier molecular flexibility index (Phi) is 10.1. The van der Waals surface area contributed by atoms with Crippen LogP contribution in [-0.2, 0) is 16.0 Å². The molecule has 1 aromatic carbocycles. The summed E-state index contributed by atoms with van der Waals surface area (Å²) in [4.78, 5) is 32.6. The van der Waals surface area contributed by atoms with E-state index in [1.807, 2.05) is 4.90 Å². The van der Waals surface area contributed by atoms with Gasteiger partial charge in [-0.25, -0.2) is 0 Å². The summed E-state index contributed by atoms with van der Waals surface area (Å²) < 4.78 is 5.75. The molecule has 0 saturated carbocycles. The van der Waals surface area contributed by atoms with Crippen molar-refractivity contribution >= 4 is 11.8 Å². The van der Waals surface area contributed by atoms with Crippen molar-refractivity contribution in [3.63, 3.8) is 0 Å². The Labute approximate surface area is 224 Å². The molecular formula is C31H47N3O3. The monoisotopic (exact) mass is 509 g/mol. The highest BCUT2D eigenvalue weighted by atomic mass is 16.5. The Bertz CT molecular complexity index is 924. The average Bonchev–Trinajstić information content (AvgIpc) is 3.52. The number of likely N-dealkylation sites (tertiary alicyclic amines) is 2. The molecule has 0 unspecified atom stereocenters. The summed E-state index contributed by atoms with van der Waals surface area (Å²) in [6, 6.07) is 6.83. The van der Waals surface area contributed by atoms with Gasteiger partial charge in [-0.1, -0.05) is 44.9 Å². The Hall–Kier alpha value is -2.34. The predicted molar refractivity (Wildman–Crippen MR) is 149 cm³/mol. The van der Waals surface area contributed by atoms with Crippen LogP contribution in [0.4, 0.5) is 0 Å². The van der Waals surface area contributed by atoms with Crippen molar-refractivity contribution in [2.45, 2.75) is 83.6 Å². The van der Waals surface area contributed by atoms with Gasteiger partial charge in [0.2, 0.25) is 11.8 Å². The highest BCUT2D eigenvalue weighted by Gasteiger charge is 2.42. The number of hydrogen-bond acceptors (Lipinski definition) is 4. The average molecular weight is 510 g/mol. The third-order valence-electron chi connectivity index (χ3n) is 8.59. The number of amides is 2. The molecule has 4 rings (SSSR count). The molecule has 1 aromatic rings. The molecule has 0 aliphatic carbocycles. The van der Waals surface area contributed by atoms with E-state index in [4.69, 9.17) is 4.74 Å². The number of hydrogen-bond donors (Lipinski definition) is 0. The molecule has 0 bridgehead atoms. The quantitative estimate of drug-likeness (QED) is 0.350. The number of carbonyl (C=O) groups is 2. The topological polar surface area (TPSA) is 53.1 Å². The second kappa shape index (κ2) is 13.5. The van der Waals surface area contributed by atoms with Crippen molar-refractivity contribution in [1.29, 1.82) is 0 Å². The fourth-order valence-electron chi connectivity index (χ4n) is 6.38. The lowest BCUT2D eigenvalue weighted by atomic mass is 9.83. The SMILES string of the molecule is C=C[C@@H]1[C@@H](c2ccc3c(c2)CCO3)CN(CC(=O)N(CCCC)CCCC)[C@H]1CCN1CCCCC1=O. The molecule has 6 nitrogen and oxygen atoms in total. The Balaban J connectivity index is 1.53. The van der Waals surface area contributed by atoms with Gasteiger partial charge in [-0.3, -0.25) is 14.5 Å². The predicted octanol–water partition coefficient (Wildman–Crippen LogP) is 5.02. The summed E-state index contributed by atoms with van der Waals surface area (Å²) >= 11 is 0. The van der Waals surface area contributed by atoms with E-state index in [1.54, 1.807) is 0 Å². The first-order valence-electron chi connectivity index (χ1n) is 14.7. The summed E-state index contributed by atoms with van der Waals surface area (Å²) in [7, 11) is 0. The first-order valence-corrected chi connectivity index (χ1v) is 14.7. The minimum absolute atomic E-state index is 0.199. The molecule has 0 N–H and O–H groups in total. The second-order valence-corrected chi connectivity index (χ2v) is 11.1. The first kappa shape index (κ1) is 27.7. The Morgan fingerprint density at radius 2 is 1.95 bits per heavy atom. The molecule has 3 heterocycles. The molecule has 2 fully saturated rings. The molecule has 204 valence electrons. The molecule has 2 saturated heterocycles. The minimum atomic E-state index is 0.199. The number of benzene rings is 1. The third kappa shape index (κ3) is 6.76. The van der Waals surface area contributed by atoms with E-state index in [0.717, 1.165) is 96.4 Å². The summed E-state index contributed by atoms with van der Waals surface area (Å²) in [5.74, 6) is 2.06. The van der Waals surface area contributed by atoms with Crippen LogP contribution < -0.4 is 4.74 Å². The molecule has 2 amide bonds. The van der Waals surface area contributed by atoms with Gasteiger partial charge in [0.25, 0.3) is 0 Å². The maximum absolute atomic E-state index is 13.6. The van der Waals surface area contributed by atoms with Gasteiger partial charge in [-0.15, -0.1) is 6.58 Å². The van der Waals surface area contributed by atoms with Gasteiger partial charge in [0.15, 0.2) is 0 Å². The smallest absolute Gasteiger partial charge is 0.236 e. The number of carbonyl (C=O) groups excluding carboxylic acids is 2. The van der Waals surface area contributed by atoms with Crippen molar-refractivity contribution in [2.75, 3.05) is 45.9 Å². The second-order valence-electron chi connectivity index (χ2n) is 11.1. The highest BCUT2D eigenvalue weighted by molar-refractivity contribution is 5.78. The van der Waals surface area contributed by atoms with Gasteiger partial charge < -0.3 is 14.5 Å². The van der Waals surface area contributed by atoms with Crippen molar-refractivity contribution in [2.24, 2.45) is 5.92 Å². The lowest BCUT2D eigenvalue weighted by molar-refractivity contribution is -0.135. The van der Waals surface area contributed by atoms with Crippen LogP contribution in [0.5, 0.6) is 5.75 Å². The molecule has 3 aliphatic rings. The van der Waals surface area contributed by atoms with Crippen LogP contribution in [0.15, 0.2) is 30.9 Å². The van der Waals surface area contributed by atoms with E-state index in [-0.39, 0.29) is 29.7 Å². The molecular weight excluding hydrogens is 462 g/mol. The number of piperidine rings is 1. The Morgan fingerprint density at radius 3 is 2.65 bits per heavy atom. The standard InChI is InChI=1S/C31H47N3O3/c1-4-7-16-32(17-8-5-2)31(36)23-34-22-27(24-12-13-29-25(21-24)15-20-37-29)26(6-3)28(34)14-19-33-18-10-9-11-30(33)35/h6,12-13,21,26-28H,3-5,7-11,14-20,22-23H2,1-2H3/t26-,27-,28+/m1/s1. The van der Waals surface area contributed by atoms with E-state index in [2.05, 4.69) is 54.5 Å². The van der Waals surface area contributed by atoms with Crippen molar-refractivity contribution < 1.29 is 14.3 Å². The largest absolute Gasteiger partial charge is 0.493 e. The Morgan fingerprint density at radius 1 is 1.16 bits per heavy atom. The van der Waals surface area contributed by atoms with Crippen LogP contribution in [0, 0.1) is 5.92 Å². The molecule has 6 heteroatoms. The zero-order valence-corrected chi connectivity index (χ0v) is 23.1. The van der Waals surface area contributed by atoms with Crippen LogP contribution in [0.2, 0.25) is 0 Å². The van der Waals surface area contributed by atoms with E-state index in [0.29, 0.717) is 13.0 Å². The molecule has 0 spiro atoms. The summed E-state index contributed by atoms with van der Waals surface area (Å²) in [5.41, 5.74) is 2.60. The van der Waals surface area contributed by atoms with Gasteiger partial charge in [0.05, 0.1) is 13.2 Å². The van der Waals surface area contributed by atoms with Crippen LogP contribution in [0.3, 0.4) is 0 Å². The summed E-state index contributed by atoms with van der Waals surface area (Å²) in [6.07, 6.45) is 11.0. The molecule has 3 aliphatic heterocycles. The van der Waals surface area contributed by atoms with Gasteiger partial charge in [0, 0.05) is 63.4 Å². The summed E-state index contributed by atoms with van der Waals surface area (Å²) in [6.45, 7) is 14.0. The lowest BCUT2D eigenvalue weighted by Gasteiger charge is -2.33. The fraction of sp³-hybridized carbons (Fsp3) is 0.677. The van der Waals surface area contributed by atoms with Gasteiger partial charge in [0.1, 0.15) is 5.75 Å². The molecule has 0 radical (unpaired) electrons. The molecule has 0 aromatic heterocycles. The molecule has 3 atom stereocenters.